The van der Waals surface area contributed by atoms with Crippen molar-refractivity contribution >= 4 is 23.2 Å². The molecule has 130 valence electrons. The summed E-state index contributed by atoms with van der Waals surface area (Å²) in [5.41, 5.74) is 0.597. The lowest BCUT2D eigenvalue weighted by Crippen LogP contribution is -2.42. The molecule has 0 aromatic heterocycles. The molecule has 1 amide bonds. The Bertz CT molecular complexity index is 519. The summed E-state index contributed by atoms with van der Waals surface area (Å²) in [6.07, 6.45) is 4.31. The lowest BCUT2D eigenvalue weighted by atomic mass is 9.90. The van der Waals surface area contributed by atoms with Gasteiger partial charge in [0.05, 0.1) is 5.02 Å². The molecule has 0 saturated carbocycles. The first kappa shape index (κ1) is 20.0. The van der Waals surface area contributed by atoms with Crippen molar-refractivity contribution in [1.82, 2.24) is 0 Å². The van der Waals surface area contributed by atoms with Gasteiger partial charge in [-0.1, -0.05) is 59.1 Å². The van der Waals surface area contributed by atoms with Gasteiger partial charge >= 0.3 is 0 Å². The van der Waals surface area contributed by atoms with E-state index in [1.807, 2.05) is 4.90 Å². The molecule has 1 aromatic rings. The van der Waals surface area contributed by atoms with Gasteiger partial charge in [0.15, 0.2) is 0 Å². The zero-order chi connectivity index (χ0) is 17.6. The molecular formula is C19H29ClFNO. The first-order chi connectivity index (χ1) is 10.7. The standard InChI is InChI=1S/C19H29ClFNO/c1-6-8-14(9-7-2)22(18(23)13-19(3,4)5)15-10-11-17(21)16(20)12-15/h10-12,14H,6-9,13H2,1-5H3. The maximum absolute atomic E-state index is 13.5. The van der Waals surface area contributed by atoms with E-state index in [-0.39, 0.29) is 22.4 Å². The second-order valence-electron chi connectivity index (χ2n) is 7.33. The normalized spacial score (nSPS) is 11.8. The number of benzene rings is 1. The molecular weight excluding hydrogens is 313 g/mol. The summed E-state index contributed by atoms with van der Waals surface area (Å²) < 4.78 is 13.5. The Hall–Kier alpha value is -1.09. The van der Waals surface area contributed by atoms with E-state index in [1.54, 1.807) is 12.1 Å². The Balaban J connectivity index is 3.22. The highest BCUT2D eigenvalue weighted by Crippen LogP contribution is 2.30. The number of nitrogens with zero attached hydrogens (tertiary/aromatic N) is 1. The van der Waals surface area contributed by atoms with Crippen molar-refractivity contribution in [2.45, 2.75) is 72.8 Å². The summed E-state index contributed by atoms with van der Waals surface area (Å²) in [6.45, 7) is 10.4. The smallest absolute Gasteiger partial charge is 0.227 e. The maximum Gasteiger partial charge on any atom is 0.227 e. The van der Waals surface area contributed by atoms with Crippen LogP contribution >= 0.6 is 11.6 Å². The fraction of sp³-hybridized carbons (Fsp3) is 0.632. The van der Waals surface area contributed by atoms with E-state index in [1.165, 1.54) is 6.07 Å². The quantitative estimate of drug-likeness (QED) is 0.576. The van der Waals surface area contributed by atoms with Crippen molar-refractivity contribution < 1.29 is 9.18 Å². The van der Waals surface area contributed by atoms with Gasteiger partial charge in [0.1, 0.15) is 5.82 Å². The second-order valence-corrected chi connectivity index (χ2v) is 7.74. The fourth-order valence-corrected chi connectivity index (χ4v) is 2.98. The van der Waals surface area contributed by atoms with Gasteiger partial charge in [-0.15, -0.1) is 0 Å². The van der Waals surface area contributed by atoms with Crippen LogP contribution < -0.4 is 4.90 Å². The van der Waals surface area contributed by atoms with Crippen molar-refractivity contribution in [2.75, 3.05) is 4.90 Å². The minimum atomic E-state index is -0.457. The lowest BCUT2D eigenvalue weighted by Gasteiger charge is -2.34. The molecule has 2 nitrogen and oxygen atoms in total. The van der Waals surface area contributed by atoms with E-state index >= 15 is 0 Å². The Morgan fingerprint density at radius 3 is 2.22 bits per heavy atom. The summed E-state index contributed by atoms with van der Waals surface area (Å²) in [6, 6.07) is 4.68. The number of hydrogen-bond acceptors (Lipinski definition) is 1. The topological polar surface area (TPSA) is 20.3 Å². The number of carbonyl (C=O) groups excluding carboxylic acids is 1. The van der Waals surface area contributed by atoms with E-state index in [0.29, 0.717) is 12.1 Å². The van der Waals surface area contributed by atoms with Gasteiger partial charge < -0.3 is 4.90 Å². The van der Waals surface area contributed by atoms with E-state index in [9.17, 15) is 9.18 Å². The number of halogens is 2. The molecule has 0 unspecified atom stereocenters. The Morgan fingerprint density at radius 2 is 1.78 bits per heavy atom. The Morgan fingerprint density at radius 1 is 1.22 bits per heavy atom. The van der Waals surface area contributed by atoms with Crippen LogP contribution in [0.5, 0.6) is 0 Å². The number of rotatable bonds is 7. The molecule has 0 spiro atoms. The van der Waals surface area contributed by atoms with Gasteiger partial charge in [-0.3, -0.25) is 4.79 Å². The summed E-state index contributed by atoms with van der Waals surface area (Å²) >= 11 is 5.94. The van der Waals surface area contributed by atoms with E-state index in [0.717, 1.165) is 25.7 Å². The van der Waals surface area contributed by atoms with Crippen LogP contribution in [0.1, 0.15) is 66.7 Å². The van der Waals surface area contributed by atoms with E-state index in [4.69, 9.17) is 11.6 Å². The van der Waals surface area contributed by atoms with Crippen molar-refractivity contribution in [2.24, 2.45) is 5.41 Å². The molecule has 1 aromatic carbocycles. The molecule has 0 aliphatic carbocycles. The monoisotopic (exact) mass is 341 g/mol. The first-order valence-electron chi connectivity index (χ1n) is 8.46. The van der Waals surface area contributed by atoms with Crippen LogP contribution in [0.3, 0.4) is 0 Å². The average molecular weight is 342 g/mol. The van der Waals surface area contributed by atoms with Gasteiger partial charge in [0.25, 0.3) is 0 Å². The summed E-state index contributed by atoms with van der Waals surface area (Å²) in [5.74, 6) is -0.381. The SMILES string of the molecule is CCCC(CCC)N(C(=O)CC(C)(C)C)c1ccc(F)c(Cl)c1. The number of amides is 1. The van der Waals surface area contributed by atoms with Crippen LogP contribution in [0.25, 0.3) is 0 Å². The molecule has 0 fully saturated rings. The predicted octanol–water partition coefficient (Wildman–Crippen LogP) is 6.22. The average Bonchev–Trinajstić information content (AvgIpc) is 2.41. The third-order valence-corrected chi connectivity index (χ3v) is 4.03. The first-order valence-corrected chi connectivity index (χ1v) is 8.84. The fourth-order valence-electron chi connectivity index (χ4n) is 2.80. The van der Waals surface area contributed by atoms with Crippen molar-refractivity contribution in [3.05, 3.63) is 29.0 Å². The Labute approximate surface area is 145 Å². The summed E-state index contributed by atoms with van der Waals surface area (Å²) in [5, 5.41) is 0.0582. The Kier molecular flexibility index (Phi) is 7.53. The molecule has 0 aliphatic heterocycles. The minimum absolute atomic E-state index is 0.0582. The van der Waals surface area contributed by atoms with Crippen LogP contribution in [0.4, 0.5) is 10.1 Å². The zero-order valence-electron chi connectivity index (χ0n) is 15.0. The molecule has 0 bridgehead atoms. The van der Waals surface area contributed by atoms with Gasteiger partial charge in [-0.05, 0) is 36.5 Å². The molecule has 0 N–H and O–H groups in total. The molecule has 0 atom stereocenters. The molecule has 1 rings (SSSR count). The number of carbonyl (C=O) groups is 1. The molecule has 0 saturated heterocycles. The third kappa shape index (κ3) is 6.14. The van der Waals surface area contributed by atoms with Crippen molar-refractivity contribution in [3.63, 3.8) is 0 Å². The second kappa shape index (κ2) is 8.68. The predicted molar refractivity (Wildman–Crippen MR) is 96.6 cm³/mol. The summed E-state index contributed by atoms with van der Waals surface area (Å²) in [4.78, 5) is 14.8. The van der Waals surface area contributed by atoms with Gasteiger partial charge in [-0.2, -0.15) is 0 Å². The summed E-state index contributed by atoms with van der Waals surface area (Å²) in [7, 11) is 0. The highest BCUT2D eigenvalue weighted by Gasteiger charge is 2.28. The molecule has 4 heteroatoms. The molecule has 0 radical (unpaired) electrons. The highest BCUT2D eigenvalue weighted by molar-refractivity contribution is 6.31. The minimum Gasteiger partial charge on any atom is -0.309 e. The zero-order valence-corrected chi connectivity index (χ0v) is 15.7. The van der Waals surface area contributed by atoms with Gasteiger partial charge in [0.2, 0.25) is 5.91 Å². The highest BCUT2D eigenvalue weighted by atomic mass is 35.5. The van der Waals surface area contributed by atoms with Crippen LogP contribution in [0.15, 0.2) is 18.2 Å². The molecule has 0 heterocycles. The number of hydrogen-bond donors (Lipinski definition) is 0. The van der Waals surface area contributed by atoms with Gasteiger partial charge in [-0.25, -0.2) is 4.39 Å². The lowest BCUT2D eigenvalue weighted by molar-refractivity contribution is -0.120. The third-order valence-electron chi connectivity index (χ3n) is 3.74. The van der Waals surface area contributed by atoms with Crippen LogP contribution in [0, 0.1) is 11.2 Å². The van der Waals surface area contributed by atoms with E-state index in [2.05, 4.69) is 34.6 Å². The van der Waals surface area contributed by atoms with Gasteiger partial charge in [0, 0.05) is 18.2 Å². The van der Waals surface area contributed by atoms with Crippen LogP contribution in [-0.4, -0.2) is 11.9 Å². The van der Waals surface area contributed by atoms with Crippen LogP contribution in [-0.2, 0) is 4.79 Å². The largest absolute Gasteiger partial charge is 0.309 e. The number of anilines is 1. The van der Waals surface area contributed by atoms with Crippen molar-refractivity contribution in [3.8, 4) is 0 Å². The van der Waals surface area contributed by atoms with Crippen molar-refractivity contribution in [1.29, 1.82) is 0 Å². The maximum atomic E-state index is 13.5. The molecule has 23 heavy (non-hydrogen) atoms. The van der Waals surface area contributed by atoms with Crippen LogP contribution in [0.2, 0.25) is 5.02 Å². The van der Waals surface area contributed by atoms with E-state index < -0.39 is 5.82 Å². The molecule has 0 aliphatic rings.